The molecule has 7 heteroatoms. The Bertz CT molecular complexity index is 1460. The van der Waals surface area contributed by atoms with Crippen molar-refractivity contribution < 1.29 is 13.6 Å². The molecular formula is C30H29FN4O2. The Morgan fingerprint density at radius 3 is 2.59 bits per heavy atom. The first kappa shape index (κ1) is 24.5. The third-order valence-electron chi connectivity index (χ3n) is 6.48. The third kappa shape index (κ3) is 6.13. The Labute approximate surface area is 215 Å². The first-order chi connectivity index (χ1) is 18.0. The number of nitrogens with zero attached hydrogens (tertiary/aromatic N) is 2. The maximum absolute atomic E-state index is 13.5. The molecule has 0 aliphatic rings. The van der Waals surface area contributed by atoms with Gasteiger partial charge in [-0.25, -0.2) is 9.37 Å². The lowest BCUT2D eigenvalue weighted by atomic mass is 10.1. The van der Waals surface area contributed by atoms with Crippen LogP contribution >= 0.6 is 0 Å². The van der Waals surface area contributed by atoms with Gasteiger partial charge in [-0.15, -0.1) is 0 Å². The predicted octanol–water partition coefficient (Wildman–Crippen LogP) is 6.03. The van der Waals surface area contributed by atoms with E-state index in [1.54, 1.807) is 12.1 Å². The van der Waals surface area contributed by atoms with Crippen molar-refractivity contribution in [2.24, 2.45) is 0 Å². The van der Waals surface area contributed by atoms with Gasteiger partial charge in [-0.05, 0) is 48.2 Å². The molecule has 0 bridgehead atoms. The summed E-state index contributed by atoms with van der Waals surface area (Å²) in [4.78, 5) is 22.7. The molecule has 0 aliphatic carbocycles. The maximum Gasteiger partial charge on any atom is 0.273 e. The lowest BCUT2D eigenvalue weighted by Gasteiger charge is -2.21. The first-order valence-corrected chi connectivity index (χ1v) is 12.4. The molecule has 188 valence electrons. The fourth-order valence-electron chi connectivity index (χ4n) is 4.45. The number of hydrogen-bond acceptors (Lipinski definition) is 4. The zero-order chi connectivity index (χ0) is 25.6. The van der Waals surface area contributed by atoms with Gasteiger partial charge in [0, 0.05) is 30.2 Å². The second kappa shape index (κ2) is 11.2. The maximum atomic E-state index is 13.5. The number of aromatic nitrogens is 2. The molecule has 0 fully saturated rings. The standard InChI is InChI=1S/C30H29FN4O2/c1-21(23-7-3-2-4-8-23)33-30(36)28-20-37-29(34-28)19-35(18-22-11-13-25(31)14-12-22)16-15-24-17-32-27-10-6-5-9-26(24)27/h2-14,17,20-21,32H,15-16,18-19H2,1H3,(H,33,36)/t21-/m1/s1. The van der Waals surface area contributed by atoms with E-state index >= 15 is 0 Å². The normalized spacial score (nSPS) is 12.2. The smallest absolute Gasteiger partial charge is 0.273 e. The van der Waals surface area contributed by atoms with Crippen molar-refractivity contribution in [2.45, 2.75) is 32.5 Å². The van der Waals surface area contributed by atoms with Crippen LogP contribution in [0.3, 0.4) is 0 Å². The van der Waals surface area contributed by atoms with Crippen LogP contribution in [0.5, 0.6) is 0 Å². The van der Waals surface area contributed by atoms with Crippen molar-refractivity contribution in [3.05, 3.63) is 125 Å². The van der Waals surface area contributed by atoms with Crippen LogP contribution in [-0.2, 0) is 19.5 Å². The minimum atomic E-state index is -0.282. The Morgan fingerprint density at radius 2 is 1.78 bits per heavy atom. The second-order valence-corrected chi connectivity index (χ2v) is 9.18. The highest BCUT2D eigenvalue weighted by Crippen LogP contribution is 2.20. The molecule has 5 rings (SSSR count). The van der Waals surface area contributed by atoms with Gasteiger partial charge in [0.05, 0.1) is 12.6 Å². The number of para-hydroxylation sites is 1. The SMILES string of the molecule is C[C@@H](NC(=O)c1coc(CN(CCc2c[nH]c3ccccc23)Cc2ccc(F)cc2)n1)c1ccccc1. The molecule has 0 radical (unpaired) electrons. The van der Waals surface area contributed by atoms with E-state index in [-0.39, 0.29) is 23.5 Å². The van der Waals surface area contributed by atoms with Crippen LogP contribution in [0.1, 0.15) is 46.0 Å². The number of aromatic amines is 1. The monoisotopic (exact) mass is 496 g/mol. The molecule has 37 heavy (non-hydrogen) atoms. The van der Waals surface area contributed by atoms with Crippen molar-refractivity contribution in [1.29, 1.82) is 0 Å². The number of halogens is 1. The van der Waals surface area contributed by atoms with Gasteiger partial charge in [0.2, 0.25) is 5.89 Å². The molecule has 0 aliphatic heterocycles. The number of carbonyl (C=O) groups excluding carboxylic acids is 1. The van der Waals surface area contributed by atoms with E-state index in [2.05, 4.69) is 32.3 Å². The summed E-state index contributed by atoms with van der Waals surface area (Å²) in [6.07, 6.45) is 4.26. The molecule has 2 aromatic heterocycles. The van der Waals surface area contributed by atoms with E-state index in [1.807, 2.05) is 55.6 Å². The van der Waals surface area contributed by atoms with E-state index < -0.39 is 0 Å². The molecule has 2 heterocycles. The minimum Gasteiger partial charge on any atom is -0.447 e. The average molecular weight is 497 g/mol. The molecule has 5 aromatic rings. The van der Waals surface area contributed by atoms with Gasteiger partial charge in [0.15, 0.2) is 5.69 Å². The number of H-pyrrole nitrogens is 1. The van der Waals surface area contributed by atoms with Crippen molar-refractivity contribution >= 4 is 16.8 Å². The second-order valence-electron chi connectivity index (χ2n) is 9.18. The number of hydrogen-bond donors (Lipinski definition) is 2. The first-order valence-electron chi connectivity index (χ1n) is 12.4. The number of amides is 1. The number of nitrogens with one attached hydrogen (secondary N) is 2. The van der Waals surface area contributed by atoms with E-state index in [9.17, 15) is 9.18 Å². The largest absolute Gasteiger partial charge is 0.447 e. The van der Waals surface area contributed by atoms with Gasteiger partial charge in [0.25, 0.3) is 5.91 Å². The van der Waals surface area contributed by atoms with Crippen LogP contribution in [0.2, 0.25) is 0 Å². The summed E-state index contributed by atoms with van der Waals surface area (Å²) in [5.74, 6) is -0.0871. The average Bonchev–Trinajstić information content (AvgIpc) is 3.56. The minimum absolute atomic E-state index is 0.153. The van der Waals surface area contributed by atoms with Crippen molar-refractivity contribution in [3.8, 4) is 0 Å². The Balaban J connectivity index is 1.28. The summed E-state index contributed by atoms with van der Waals surface area (Å²) in [7, 11) is 0. The molecule has 1 atom stereocenters. The molecule has 6 nitrogen and oxygen atoms in total. The Morgan fingerprint density at radius 1 is 1.03 bits per heavy atom. The Hall–Kier alpha value is -4.23. The lowest BCUT2D eigenvalue weighted by Crippen LogP contribution is -2.27. The summed E-state index contributed by atoms with van der Waals surface area (Å²) in [6, 6.07) is 24.3. The molecule has 3 aromatic carbocycles. The quantitative estimate of drug-likeness (QED) is 0.248. The predicted molar refractivity (Wildman–Crippen MR) is 141 cm³/mol. The number of fused-ring (bicyclic) bond motifs is 1. The summed E-state index contributed by atoms with van der Waals surface area (Å²) >= 11 is 0. The van der Waals surface area contributed by atoms with E-state index in [1.165, 1.54) is 29.3 Å². The van der Waals surface area contributed by atoms with Crippen LogP contribution < -0.4 is 5.32 Å². The molecule has 0 saturated heterocycles. The summed E-state index contributed by atoms with van der Waals surface area (Å²) < 4.78 is 19.1. The molecule has 2 N–H and O–H groups in total. The highest BCUT2D eigenvalue weighted by molar-refractivity contribution is 5.92. The van der Waals surface area contributed by atoms with Crippen LogP contribution in [0.25, 0.3) is 10.9 Å². The summed E-state index contributed by atoms with van der Waals surface area (Å²) in [5.41, 5.74) is 4.58. The van der Waals surface area contributed by atoms with Gasteiger partial charge in [-0.3, -0.25) is 9.69 Å². The fourth-order valence-corrected chi connectivity index (χ4v) is 4.45. The van der Waals surface area contributed by atoms with Crippen molar-refractivity contribution in [1.82, 2.24) is 20.2 Å². The Kier molecular flexibility index (Phi) is 7.42. The highest BCUT2D eigenvalue weighted by Gasteiger charge is 2.18. The topological polar surface area (TPSA) is 74.2 Å². The van der Waals surface area contributed by atoms with E-state index in [4.69, 9.17) is 4.42 Å². The molecular weight excluding hydrogens is 467 g/mol. The molecule has 0 saturated carbocycles. The summed E-state index contributed by atoms with van der Waals surface area (Å²) in [5, 5.41) is 4.17. The van der Waals surface area contributed by atoms with Gasteiger partial charge in [-0.1, -0.05) is 60.7 Å². The number of carbonyl (C=O) groups is 1. The summed E-state index contributed by atoms with van der Waals surface area (Å²) in [6.45, 7) is 3.68. The lowest BCUT2D eigenvalue weighted by molar-refractivity contribution is 0.0934. The molecule has 0 spiro atoms. The zero-order valence-corrected chi connectivity index (χ0v) is 20.7. The fraction of sp³-hybridized carbons (Fsp3) is 0.200. The number of rotatable bonds is 10. The zero-order valence-electron chi connectivity index (χ0n) is 20.7. The van der Waals surface area contributed by atoms with Gasteiger partial charge in [-0.2, -0.15) is 0 Å². The molecule has 0 unspecified atom stereocenters. The van der Waals surface area contributed by atoms with Crippen LogP contribution in [0.15, 0.2) is 95.7 Å². The number of benzene rings is 3. The van der Waals surface area contributed by atoms with Crippen LogP contribution in [0, 0.1) is 5.82 Å². The van der Waals surface area contributed by atoms with Crippen molar-refractivity contribution in [2.75, 3.05) is 6.54 Å². The van der Waals surface area contributed by atoms with Gasteiger partial charge >= 0.3 is 0 Å². The highest BCUT2D eigenvalue weighted by atomic mass is 19.1. The van der Waals surface area contributed by atoms with Crippen molar-refractivity contribution in [3.63, 3.8) is 0 Å². The van der Waals surface area contributed by atoms with Gasteiger partial charge < -0.3 is 14.7 Å². The third-order valence-corrected chi connectivity index (χ3v) is 6.48. The van der Waals surface area contributed by atoms with E-state index in [0.717, 1.165) is 29.6 Å². The molecule has 1 amide bonds. The van der Waals surface area contributed by atoms with Gasteiger partial charge in [0.1, 0.15) is 12.1 Å². The van der Waals surface area contributed by atoms with E-state index in [0.29, 0.717) is 19.0 Å². The van der Waals surface area contributed by atoms with Crippen LogP contribution in [0.4, 0.5) is 4.39 Å². The van der Waals surface area contributed by atoms with Crippen LogP contribution in [-0.4, -0.2) is 27.3 Å². The number of oxazole rings is 1.